The fraction of sp³-hybridized carbons (Fsp3) is 0.200. The van der Waals surface area contributed by atoms with E-state index in [1.165, 1.54) is 17.6 Å². The number of benzene rings is 2. The molecule has 0 unspecified atom stereocenters. The average molecular weight is 416 g/mol. The lowest BCUT2D eigenvalue weighted by Crippen LogP contribution is -2.28. The molecule has 2 N–H and O–H groups in total. The van der Waals surface area contributed by atoms with Crippen molar-refractivity contribution in [2.45, 2.75) is 24.3 Å². The largest absolute Gasteiger partial charge is 0.349 e. The Labute approximate surface area is 168 Å². The second-order valence-electron chi connectivity index (χ2n) is 6.44. The smallest absolute Gasteiger partial charge is 0.226 e. The van der Waals surface area contributed by atoms with E-state index in [0.29, 0.717) is 10.8 Å². The third-order valence-electron chi connectivity index (χ3n) is 4.10. The number of hydrogen-bond donors (Lipinski definition) is 2. The first-order valence-corrected chi connectivity index (χ1v) is 11.4. The molecule has 0 saturated carbocycles. The molecule has 0 aliphatic heterocycles. The van der Waals surface area contributed by atoms with Crippen molar-refractivity contribution in [3.8, 4) is 0 Å². The highest BCUT2D eigenvalue weighted by Crippen LogP contribution is 2.22. The minimum atomic E-state index is -3.22. The third-order valence-corrected chi connectivity index (χ3v) is 6.04. The first-order chi connectivity index (χ1) is 13.3. The van der Waals surface area contributed by atoms with Gasteiger partial charge in [-0.25, -0.2) is 13.4 Å². The molecule has 1 amide bonds. The monoisotopic (exact) mass is 415 g/mol. The lowest BCUT2D eigenvalue weighted by Gasteiger charge is -2.13. The van der Waals surface area contributed by atoms with Gasteiger partial charge < -0.3 is 10.6 Å². The lowest BCUT2D eigenvalue weighted by atomic mass is 10.1. The molecule has 1 atom stereocenters. The Morgan fingerprint density at radius 2 is 1.79 bits per heavy atom. The molecule has 0 spiro atoms. The Morgan fingerprint density at radius 3 is 2.43 bits per heavy atom. The molecule has 0 radical (unpaired) electrons. The van der Waals surface area contributed by atoms with Crippen molar-refractivity contribution in [1.82, 2.24) is 10.3 Å². The van der Waals surface area contributed by atoms with Gasteiger partial charge in [0.15, 0.2) is 15.0 Å². The summed E-state index contributed by atoms with van der Waals surface area (Å²) in [4.78, 5) is 17.0. The standard InChI is InChI=1S/C20H21N3O3S2/c1-14(15-6-4-3-5-7-15)21-19(24)12-17-13-27-20(23-17)22-16-8-10-18(11-9-16)28(2,25)26/h3-11,13-14H,12H2,1-2H3,(H,21,24)(H,22,23)/t14-/m0/s1. The molecule has 0 aliphatic carbocycles. The third kappa shape index (κ3) is 5.40. The zero-order valence-electron chi connectivity index (χ0n) is 15.5. The Hall–Kier alpha value is -2.71. The van der Waals surface area contributed by atoms with Gasteiger partial charge in [0, 0.05) is 17.3 Å². The zero-order valence-corrected chi connectivity index (χ0v) is 17.2. The van der Waals surface area contributed by atoms with Crippen molar-refractivity contribution < 1.29 is 13.2 Å². The number of anilines is 2. The van der Waals surface area contributed by atoms with Gasteiger partial charge in [-0.15, -0.1) is 11.3 Å². The van der Waals surface area contributed by atoms with Gasteiger partial charge in [-0.3, -0.25) is 4.79 Å². The van der Waals surface area contributed by atoms with Gasteiger partial charge in [-0.05, 0) is 36.8 Å². The molecule has 1 aromatic heterocycles. The summed E-state index contributed by atoms with van der Waals surface area (Å²) < 4.78 is 23.0. The van der Waals surface area contributed by atoms with Gasteiger partial charge >= 0.3 is 0 Å². The van der Waals surface area contributed by atoms with Crippen molar-refractivity contribution in [2.24, 2.45) is 0 Å². The second kappa shape index (κ2) is 8.53. The van der Waals surface area contributed by atoms with E-state index >= 15 is 0 Å². The summed E-state index contributed by atoms with van der Waals surface area (Å²) in [6.45, 7) is 1.95. The summed E-state index contributed by atoms with van der Waals surface area (Å²) in [6.07, 6.45) is 1.37. The van der Waals surface area contributed by atoms with Gasteiger partial charge in [0.05, 0.1) is 23.1 Å². The number of hydrogen-bond acceptors (Lipinski definition) is 6. The van der Waals surface area contributed by atoms with E-state index in [1.807, 2.05) is 42.6 Å². The molecule has 3 aromatic rings. The van der Waals surface area contributed by atoms with Crippen LogP contribution in [0.2, 0.25) is 0 Å². The highest BCUT2D eigenvalue weighted by atomic mass is 32.2. The van der Waals surface area contributed by atoms with E-state index in [9.17, 15) is 13.2 Å². The van der Waals surface area contributed by atoms with Crippen LogP contribution in [0.25, 0.3) is 0 Å². The molecule has 6 nitrogen and oxygen atoms in total. The van der Waals surface area contributed by atoms with Crippen LogP contribution in [0, 0.1) is 0 Å². The van der Waals surface area contributed by atoms with Crippen molar-refractivity contribution >= 4 is 37.9 Å². The quantitative estimate of drug-likeness (QED) is 0.614. The number of sulfone groups is 1. The number of amides is 1. The van der Waals surface area contributed by atoms with Gasteiger partial charge in [0.25, 0.3) is 0 Å². The van der Waals surface area contributed by atoms with Crippen LogP contribution in [0.5, 0.6) is 0 Å². The van der Waals surface area contributed by atoms with Gasteiger partial charge in [-0.2, -0.15) is 0 Å². The van der Waals surface area contributed by atoms with Gasteiger partial charge in [0.2, 0.25) is 5.91 Å². The highest BCUT2D eigenvalue weighted by molar-refractivity contribution is 7.90. The van der Waals surface area contributed by atoms with Crippen LogP contribution in [-0.4, -0.2) is 25.6 Å². The SMILES string of the molecule is C[C@H](NC(=O)Cc1csc(Nc2ccc(S(C)(=O)=O)cc2)n1)c1ccccc1. The van der Waals surface area contributed by atoms with E-state index in [1.54, 1.807) is 24.3 Å². The van der Waals surface area contributed by atoms with Crippen molar-refractivity contribution in [3.05, 3.63) is 71.2 Å². The van der Waals surface area contributed by atoms with Crippen molar-refractivity contribution in [2.75, 3.05) is 11.6 Å². The normalized spacial score (nSPS) is 12.4. The maximum Gasteiger partial charge on any atom is 0.226 e. The highest BCUT2D eigenvalue weighted by Gasteiger charge is 2.12. The van der Waals surface area contributed by atoms with Crippen molar-refractivity contribution in [3.63, 3.8) is 0 Å². The topological polar surface area (TPSA) is 88.2 Å². The Balaban J connectivity index is 1.57. The van der Waals surface area contributed by atoms with Crippen molar-refractivity contribution in [1.29, 1.82) is 0 Å². The van der Waals surface area contributed by atoms with Crippen LogP contribution in [0.4, 0.5) is 10.8 Å². The van der Waals surface area contributed by atoms with Crippen LogP contribution in [-0.2, 0) is 21.1 Å². The summed E-state index contributed by atoms with van der Waals surface area (Å²) in [6, 6.07) is 16.2. The number of carbonyl (C=O) groups is 1. The molecule has 0 fully saturated rings. The van der Waals surface area contributed by atoms with Crippen LogP contribution < -0.4 is 10.6 Å². The first kappa shape index (κ1) is 20.0. The van der Waals surface area contributed by atoms with E-state index in [-0.39, 0.29) is 23.3 Å². The summed E-state index contributed by atoms with van der Waals surface area (Å²) in [7, 11) is -3.22. The molecule has 0 aliphatic rings. The zero-order chi connectivity index (χ0) is 20.1. The van der Waals surface area contributed by atoms with E-state index in [2.05, 4.69) is 15.6 Å². The molecule has 28 heavy (non-hydrogen) atoms. The van der Waals surface area contributed by atoms with Crippen LogP contribution in [0.15, 0.2) is 64.9 Å². The second-order valence-corrected chi connectivity index (χ2v) is 9.32. The molecular formula is C20H21N3O3S2. The molecule has 146 valence electrons. The Bertz CT molecular complexity index is 1050. The predicted octanol–water partition coefficient (Wildman–Crippen LogP) is 3.71. The molecule has 1 heterocycles. The molecule has 8 heteroatoms. The van der Waals surface area contributed by atoms with Crippen LogP contribution >= 0.6 is 11.3 Å². The number of nitrogens with zero attached hydrogens (tertiary/aromatic N) is 1. The molecule has 2 aromatic carbocycles. The summed E-state index contributed by atoms with van der Waals surface area (Å²) >= 11 is 1.39. The first-order valence-electron chi connectivity index (χ1n) is 8.67. The summed E-state index contributed by atoms with van der Waals surface area (Å²) in [5.41, 5.74) is 2.46. The molecule has 0 bridgehead atoms. The van der Waals surface area contributed by atoms with Gasteiger partial charge in [0.1, 0.15) is 0 Å². The maximum atomic E-state index is 12.3. The Kier molecular flexibility index (Phi) is 6.11. The minimum Gasteiger partial charge on any atom is -0.349 e. The summed E-state index contributed by atoms with van der Waals surface area (Å²) in [5.74, 6) is -0.0919. The number of rotatable bonds is 7. The van der Waals surface area contributed by atoms with E-state index in [4.69, 9.17) is 0 Å². The Morgan fingerprint density at radius 1 is 1.11 bits per heavy atom. The molecule has 3 rings (SSSR count). The average Bonchev–Trinajstić information content (AvgIpc) is 3.08. The minimum absolute atomic E-state index is 0.0710. The maximum absolute atomic E-state index is 12.3. The molecular weight excluding hydrogens is 394 g/mol. The summed E-state index contributed by atoms with van der Waals surface area (Å²) in [5, 5.41) is 8.57. The number of carbonyl (C=O) groups excluding carboxylic acids is 1. The van der Waals surface area contributed by atoms with Crippen LogP contribution in [0.3, 0.4) is 0 Å². The van der Waals surface area contributed by atoms with Gasteiger partial charge in [-0.1, -0.05) is 30.3 Å². The fourth-order valence-electron chi connectivity index (χ4n) is 2.64. The predicted molar refractivity (Wildman–Crippen MR) is 112 cm³/mol. The number of aromatic nitrogens is 1. The number of thiazole rings is 1. The van der Waals surface area contributed by atoms with E-state index in [0.717, 1.165) is 11.3 Å². The van der Waals surface area contributed by atoms with Crippen LogP contribution in [0.1, 0.15) is 24.2 Å². The lowest BCUT2D eigenvalue weighted by molar-refractivity contribution is -0.121. The number of nitrogens with one attached hydrogen (secondary N) is 2. The molecule has 0 saturated heterocycles. The van der Waals surface area contributed by atoms with E-state index < -0.39 is 9.84 Å². The fourth-order valence-corrected chi connectivity index (χ4v) is 4.00.